The largest absolute Gasteiger partial charge is 0.462 e. The number of esters is 1. The lowest BCUT2D eigenvalue weighted by Gasteiger charge is -2.09. The predicted molar refractivity (Wildman–Crippen MR) is 74.2 cm³/mol. The van der Waals surface area contributed by atoms with Crippen molar-refractivity contribution in [1.29, 1.82) is 0 Å². The lowest BCUT2D eigenvalue weighted by atomic mass is 10.2. The zero-order valence-electron chi connectivity index (χ0n) is 12.1. The Hall–Kier alpha value is -2.64. The van der Waals surface area contributed by atoms with Gasteiger partial charge in [0.2, 0.25) is 0 Å². The number of carbonyl (C=O) groups is 1. The molecular formula is C13H16N4O4. The molecule has 8 heteroatoms. The average molecular weight is 292 g/mol. The molecule has 2 aromatic heterocycles. The number of carbonyl (C=O) groups excluding carboxylic acids is 1. The summed E-state index contributed by atoms with van der Waals surface area (Å²) in [6.45, 7) is 2.03. The lowest BCUT2D eigenvalue weighted by molar-refractivity contribution is 0.0524. The van der Waals surface area contributed by atoms with Gasteiger partial charge >= 0.3 is 17.1 Å². The molecule has 0 fully saturated rings. The number of nitrogens with zero attached hydrogens (tertiary/aromatic N) is 4. The molecule has 0 aliphatic carbocycles. The van der Waals surface area contributed by atoms with Crippen molar-refractivity contribution in [3.8, 4) is 0 Å². The Morgan fingerprint density at radius 3 is 2.62 bits per heavy atom. The molecule has 0 spiro atoms. The van der Waals surface area contributed by atoms with Crippen LogP contribution in [0.25, 0.3) is 0 Å². The van der Waals surface area contributed by atoms with Gasteiger partial charge in [-0.25, -0.2) is 4.79 Å². The molecule has 0 aliphatic heterocycles. The van der Waals surface area contributed by atoms with E-state index in [9.17, 15) is 14.4 Å². The first-order chi connectivity index (χ1) is 9.95. The summed E-state index contributed by atoms with van der Waals surface area (Å²) in [5.74, 6) is -0.502. The zero-order chi connectivity index (χ0) is 15.6. The summed E-state index contributed by atoms with van der Waals surface area (Å²) < 4.78 is 8.87. The second-order valence-electron chi connectivity index (χ2n) is 4.50. The van der Waals surface area contributed by atoms with E-state index >= 15 is 0 Å². The van der Waals surface area contributed by atoms with Crippen molar-refractivity contribution in [1.82, 2.24) is 18.9 Å². The van der Waals surface area contributed by atoms with Gasteiger partial charge in [-0.1, -0.05) is 0 Å². The summed E-state index contributed by atoms with van der Waals surface area (Å²) in [5.41, 5.74) is -0.496. The quantitative estimate of drug-likeness (QED) is 0.560. The highest BCUT2D eigenvalue weighted by atomic mass is 16.5. The van der Waals surface area contributed by atoms with Gasteiger partial charge in [0.1, 0.15) is 5.56 Å². The third-order valence-corrected chi connectivity index (χ3v) is 3.11. The van der Waals surface area contributed by atoms with Gasteiger partial charge in [0, 0.05) is 26.5 Å². The molecule has 2 rings (SSSR count). The number of hydrogen-bond donors (Lipinski definition) is 0. The van der Waals surface area contributed by atoms with E-state index in [-0.39, 0.29) is 18.7 Å². The normalized spacial score (nSPS) is 10.6. The Morgan fingerprint density at radius 2 is 1.95 bits per heavy atom. The van der Waals surface area contributed by atoms with Crippen molar-refractivity contribution >= 4 is 5.97 Å². The second kappa shape index (κ2) is 5.78. The summed E-state index contributed by atoms with van der Waals surface area (Å²) in [6, 6.07) is 0. The van der Waals surface area contributed by atoms with Gasteiger partial charge in [-0.3, -0.25) is 14.3 Å². The fourth-order valence-electron chi connectivity index (χ4n) is 1.91. The molecule has 21 heavy (non-hydrogen) atoms. The van der Waals surface area contributed by atoms with Crippen LogP contribution >= 0.6 is 0 Å². The minimum absolute atomic E-state index is 0.0690. The van der Waals surface area contributed by atoms with Crippen LogP contribution < -0.4 is 11.1 Å². The summed E-state index contributed by atoms with van der Waals surface area (Å²) in [7, 11) is 3.16. The van der Waals surface area contributed by atoms with Crippen LogP contribution in [0.2, 0.25) is 0 Å². The molecule has 0 saturated heterocycles. The van der Waals surface area contributed by atoms with Gasteiger partial charge in [0.05, 0.1) is 25.0 Å². The lowest BCUT2D eigenvalue weighted by Crippen LogP contribution is -2.40. The van der Waals surface area contributed by atoms with E-state index in [1.165, 1.54) is 39.5 Å². The van der Waals surface area contributed by atoms with Crippen LogP contribution in [-0.2, 0) is 25.4 Å². The molecule has 112 valence electrons. The second-order valence-corrected chi connectivity index (χ2v) is 4.50. The highest BCUT2D eigenvalue weighted by molar-refractivity contribution is 5.90. The molecule has 2 heterocycles. The third kappa shape index (κ3) is 2.78. The monoisotopic (exact) mass is 292 g/mol. The van der Waals surface area contributed by atoms with Crippen molar-refractivity contribution in [3.63, 3.8) is 0 Å². The van der Waals surface area contributed by atoms with Gasteiger partial charge in [0.25, 0.3) is 0 Å². The minimum atomic E-state index is -0.656. The molecular weight excluding hydrogens is 276 g/mol. The smallest absolute Gasteiger partial charge is 0.341 e. The van der Waals surface area contributed by atoms with Crippen LogP contribution in [0, 0.1) is 0 Å². The fraction of sp³-hybridized carbons (Fsp3) is 0.385. The van der Waals surface area contributed by atoms with Crippen molar-refractivity contribution in [3.05, 3.63) is 50.6 Å². The summed E-state index contributed by atoms with van der Waals surface area (Å²) in [6.07, 6.45) is 4.37. The van der Waals surface area contributed by atoms with Crippen molar-refractivity contribution in [2.75, 3.05) is 6.61 Å². The maximum atomic E-state index is 11.9. The van der Waals surface area contributed by atoms with E-state index < -0.39 is 17.1 Å². The molecule has 0 N–H and O–H groups in total. The Morgan fingerprint density at radius 1 is 1.24 bits per heavy atom. The molecule has 0 amide bonds. The van der Waals surface area contributed by atoms with Crippen LogP contribution in [0.1, 0.15) is 23.0 Å². The van der Waals surface area contributed by atoms with Gasteiger partial charge < -0.3 is 13.9 Å². The SMILES string of the molecule is CCOC(=O)c1cnn(C)c1Cn1ccn(C)c(=O)c1=O. The topological polar surface area (TPSA) is 88.1 Å². The fourth-order valence-corrected chi connectivity index (χ4v) is 1.91. The van der Waals surface area contributed by atoms with E-state index in [0.29, 0.717) is 5.69 Å². The standard InChI is InChI=1S/C13H16N4O4/c1-4-21-13(20)9-7-14-16(3)10(9)8-17-6-5-15(2)11(18)12(17)19/h5-7H,4,8H2,1-3H3. The highest BCUT2D eigenvalue weighted by Crippen LogP contribution is 2.10. The highest BCUT2D eigenvalue weighted by Gasteiger charge is 2.18. The van der Waals surface area contributed by atoms with E-state index in [0.717, 1.165) is 0 Å². The van der Waals surface area contributed by atoms with Crippen LogP contribution in [0.15, 0.2) is 28.2 Å². The molecule has 0 aliphatic rings. The number of ether oxygens (including phenoxy) is 1. The van der Waals surface area contributed by atoms with Gasteiger partial charge in [-0.2, -0.15) is 5.10 Å². The van der Waals surface area contributed by atoms with E-state index in [1.807, 2.05) is 0 Å². The summed E-state index contributed by atoms with van der Waals surface area (Å²) >= 11 is 0. The van der Waals surface area contributed by atoms with Gasteiger partial charge in [0.15, 0.2) is 0 Å². The van der Waals surface area contributed by atoms with Crippen molar-refractivity contribution < 1.29 is 9.53 Å². The number of hydrogen-bond acceptors (Lipinski definition) is 5. The molecule has 0 atom stereocenters. The third-order valence-electron chi connectivity index (χ3n) is 3.11. The minimum Gasteiger partial charge on any atom is -0.462 e. The van der Waals surface area contributed by atoms with Crippen LogP contribution in [0.4, 0.5) is 0 Å². The molecule has 0 saturated carbocycles. The molecule has 0 radical (unpaired) electrons. The summed E-state index contributed by atoms with van der Waals surface area (Å²) in [4.78, 5) is 35.4. The van der Waals surface area contributed by atoms with Crippen molar-refractivity contribution in [2.24, 2.45) is 14.1 Å². The van der Waals surface area contributed by atoms with E-state index in [1.54, 1.807) is 14.0 Å². The van der Waals surface area contributed by atoms with E-state index in [2.05, 4.69) is 5.10 Å². The maximum Gasteiger partial charge on any atom is 0.341 e. The van der Waals surface area contributed by atoms with Crippen molar-refractivity contribution in [2.45, 2.75) is 13.5 Å². The first kappa shape index (κ1) is 14.8. The Labute approximate surface area is 120 Å². The first-order valence-electron chi connectivity index (χ1n) is 6.39. The van der Waals surface area contributed by atoms with Gasteiger partial charge in [-0.15, -0.1) is 0 Å². The van der Waals surface area contributed by atoms with Crippen LogP contribution in [0.3, 0.4) is 0 Å². The number of aromatic nitrogens is 4. The average Bonchev–Trinajstić information content (AvgIpc) is 2.81. The molecule has 8 nitrogen and oxygen atoms in total. The molecule has 0 aromatic carbocycles. The Kier molecular flexibility index (Phi) is 4.06. The Bertz CT molecular complexity index is 784. The maximum absolute atomic E-state index is 11.9. The zero-order valence-corrected chi connectivity index (χ0v) is 12.1. The molecule has 0 bridgehead atoms. The predicted octanol–water partition coefficient (Wildman–Crippen LogP) is -0.494. The van der Waals surface area contributed by atoms with Crippen LogP contribution in [0.5, 0.6) is 0 Å². The van der Waals surface area contributed by atoms with Gasteiger partial charge in [-0.05, 0) is 6.92 Å². The molecule has 0 unspecified atom stereocenters. The number of rotatable bonds is 4. The van der Waals surface area contributed by atoms with Crippen LogP contribution in [-0.4, -0.2) is 31.5 Å². The Balaban J connectivity index is 2.43. The van der Waals surface area contributed by atoms with E-state index in [4.69, 9.17) is 4.74 Å². The number of aryl methyl sites for hydroxylation is 2. The summed E-state index contributed by atoms with van der Waals surface area (Å²) in [5, 5.41) is 4.00. The molecule has 2 aromatic rings. The first-order valence-corrected chi connectivity index (χ1v) is 6.39.